The molecule has 0 saturated carbocycles. The first-order valence-electron chi connectivity index (χ1n) is 6.35. The van der Waals surface area contributed by atoms with Gasteiger partial charge in [-0.25, -0.2) is 0 Å². The van der Waals surface area contributed by atoms with Crippen LogP contribution in [0.1, 0.15) is 40.0 Å². The first kappa shape index (κ1) is 13.5. The summed E-state index contributed by atoms with van der Waals surface area (Å²) in [5, 5.41) is 3.28. The van der Waals surface area contributed by atoms with Gasteiger partial charge in [0, 0.05) is 13.2 Å². The fraction of sp³-hybridized carbons (Fsp3) is 0.917. The molecule has 1 fully saturated rings. The molecule has 0 spiro atoms. The number of hydrogen-bond acceptors (Lipinski definition) is 3. The van der Waals surface area contributed by atoms with E-state index in [0.717, 1.165) is 25.9 Å². The molecule has 0 aromatic rings. The van der Waals surface area contributed by atoms with Gasteiger partial charge in [-0.1, -0.05) is 20.3 Å². The fourth-order valence-electron chi connectivity index (χ4n) is 1.95. The second kappa shape index (κ2) is 6.86. The third-order valence-corrected chi connectivity index (χ3v) is 3.02. The van der Waals surface area contributed by atoms with Crippen LogP contribution in [0.25, 0.3) is 0 Å². The standard InChI is InChI=1S/C12H24N2O2/c1-4-6-8-16-9-7-14-10(3)13-11(5-2)12(14)15/h10-11,13H,4-9H2,1-3H3. The summed E-state index contributed by atoms with van der Waals surface area (Å²) in [6, 6.07) is 0.00522. The van der Waals surface area contributed by atoms with Crippen LogP contribution in [0.3, 0.4) is 0 Å². The maximum absolute atomic E-state index is 11.9. The summed E-state index contributed by atoms with van der Waals surface area (Å²) in [5.74, 6) is 0.217. The third kappa shape index (κ3) is 3.46. The van der Waals surface area contributed by atoms with Crippen LogP contribution in [0.4, 0.5) is 0 Å². The van der Waals surface area contributed by atoms with Gasteiger partial charge in [-0.3, -0.25) is 10.1 Å². The smallest absolute Gasteiger partial charge is 0.241 e. The zero-order valence-electron chi connectivity index (χ0n) is 10.7. The SMILES string of the molecule is CCCCOCCN1C(=O)C(CC)NC1C. The molecule has 0 aromatic carbocycles. The Morgan fingerprint density at radius 1 is 1.38 bits per heavy atom. The van der Waals surface area contributed by atoms with Crippen LogP contribution in [0.2, 0.25) is 0 Å². The predicted molar refractivity (Wildman–Crippen MR) is 64.1 cm³/mol. The van der Waals surface area contributed by atoms with Crippen LogP contribution < -0.4 is 5.32 Å². The number of amides is 1. The molecular weight excluding hydrogens is 204 g/mol. The Morgan fingerprint density at radius 2 is 2.12 bits per heavy atom. The first-order chi connectivity index (χ1) is 7.70. The van der Waals surface area contributed by atoms with Crippen molar-refractivity contribution in [3.05, 3.63) is 0 Å². The molecule has 0 aromatic heterocycles. The number of unbranched alkanes of at least 4 members (excludes halogenated alkanes) is 1. The second-order valence-corrected chi connectivity index (χ2v) is 4.30. The monoisotopic (exact) mass is 228 g/mol. The summed E-state index contributed by atoms with van der Waals surface area (Å²) < 4.78 is 5.48. The van der Waals surface area contributed by atoms with Gasteiger partial charge in [0.2, 0.25) is 5.91 Å². The molecule has 1 aliphatic heterocycles. The van der Waals surface area contributed by atoms with Gasteiger partial charge in [-0.05, 0) is 19.8 Å². The number of carbonyl (C=O) groups excluding carboxylic acids is 1. The minimum atomic E-state index is 0.00522. The zero-order valence-corrected chi connectivity index (χ0v) is 10.7. The summed E-state index contributed by atoms with van der Waals surface area (Å²) in [4.78, 5) is 13.7. The topological polar surface area (TPSA) is 41.6 Å². The molecule has 1 rings (SSSR count). The Balaban J connectivity index is 2.23. The lowest BCUT2D eigenvalue weighted by Crippen LogP contribution is -2.37. The van der Waals surface area contributed by atoms with Crippen LogP contribution >= 0.6 is 0 Å². The van der Waals surface area contributed by atoms with Crippen molar-refractivity contribution in [2.45, 2.75) is 52.2 Å². The summed E-state index contributed by atoms with van der Waals surface area (Å²) in [6.45, 7) is 8.35. The highest BCUT2D eigenvalue weighted by atomic mass is 16.5. The Bertz CT molecular complexity index is 221. The molecule has 1 heterocycles. The number of nitrogens with one attached hydrogen (secondary N) is 1. The van der Waals surface area contributed by atoms with E-state index in [2.05, 4.69) is 12.2 Å². The van der Waals surface area contributed by atoms with Crippen LogP contribution in [-0.2, 0) is 9.53 Å². The van der Waals surface area contributed by atoms with Gasteiger partial charge in [-0.2, -0.15) is 0 Å². The maximum Gasteiger partial charge on any atom is 0.241 e. The molecule has 2 atom stereocenters. The highest BCUT2D eigenvalue weighted by Gasteiger charge is 2.34. The van der Waals surface area contributed by atoms with Gasteiger partial charge in [0.25, 0.3) is 0 Å². The van der Waals surface area contributed by atoms with Crippen molar-refractivity contribution >= 4 is 5.91 Å². The molecule has 0 radical (unpaired) electrons. The van der Waals surface area contributed by atoms with E-state index in [1.165, 1.54) is 0 Å². The third-order valence-electron chi connectivity index (χ3n) is 3.02. The predicted octanol–water partition coefficient (Wildman–Crippen LogP) is 1.36. The molecule has 1 amide bonds. The van der Waals surface area contributed by atoms with Crippen molar-refractivity contribution in [1.29, 1.82) is 0 Å². The van der Waals surface area contributed by atoms with Gasteiger partial charge in [0.1, 0.15) is 0 Å². The second-order valence-electron chi connectivity index (χ2n) is 4.30. The van der Waals surface area contributed by atoms with Gasteiger partial charge in [0.15, 0.2) is 0 Å². The van der Waals surface area contributed by atoms with E-state index in [1.54, 1.807) is 0 Å². The van der Waals surface area contributed by atoms with Gasteiger partial charge < -0.3 is 9.64 Å². The molecule has 1 aliphatic rings. The Kier molecular flexibility index (Phi) is 5.77. The van der Waals surface area contributed by atoms with E-state index >= 15 is 0 Å². The lowest BCUT2D eigenvalue weighted by atomic mass is 10.2. The number of nitrogens with zero attached hydrogens (tertiary/aromatic N) is 1. The normalized spacial score (nSPS) is 25.4. The summed E-state index contributed by atoms with van der Waals surface area (Å²) in [6.07, 6.45) is 3.25. The largest absolute Gasteiger partial charge is 0.380 e. The summed E-state index contributed by atoms with van der Waals surface area (Å²) >= 11 is 0. The van der Waals surface area contributed by atoms with Crippen LogP contribution in [0.5, 0.6) is 0 Å². The average molecular weight is 228 g/mol. The fourth-order valence-corrected chi connectivity index (χ4v) is 1.95. The van der Waals surface area contributed by atoms with Crippen LogP contribution in [0.15, 0.2) is 0 Å². The van der Waals surface area contributed by atoms with Crippen LogP contribution in [0, 0.1) is 0 Å². The molecule has 1 saturated heterocycles. The zero-order chi connectivity index (χ0) is 12.0. The minimum absolute atomic E-state index is 0.00522. The quantitative estimate of drug-likeness (QED) is 0.669. The number of carbonyl (C=O) groups is 1. The van der Waals surface area contributed by atoms with Crippen molar-refractivity contribution < 1.29 is 9.53 Å². The molecule has 4 heteroatoms. The molecule has 0 aliphatic carbocycles. The summed E-state index contributed by atoms with van der Waals surface area (Å²) in [7, 11) is 0. The van der Waals surface area contributed by atoms with Crippen molar-refractivity contribution in [2.24, 2.45) is 0 Å². The van der Waals surface area contributed by atoms with Crippen molar-refractivity contribution in [2.75, 3.05) is 19.8 Å². The summed E-state index contributed by atoms with van der Waals surface area (Å²) in [5.41, 5.74) is 0. The average Bonchev–Trinajstić information content (AvgIpc) is 2.55. The van der Waals surface area contributed by atoms with Gasteiger partial charge >= 0.3 is 0 Å². The molecule has 4 nitrogen and oxygen atoms in total. The lowest BCUT2D eigenvalue weighted by molar-refractivity contribution is -0.130. The molecule has 2 unspecified atom stereocenters. The van der Waals surface area contributed by atoms with Crippen molar-refractivity contribution in [3.8, 4) is 0 Å². The Labute approximate surface area is 98.3 Å². The molecular formula is C12H24N2O2. The van der Waals surface area contributed by atoms with E-state index in [1.807, 2.05) is 18.7 Å². The molecule has 1 N–H and O–H groups in total. The maximum atomic E-state index is 11.9. The number of ether oxygens (including phenoxy) is 1. The van der Waals surface area contributed by atoms with Gasteiger partial charge in [-0.15, -0.1) is 0 Å². The van der Waals surface area contributed by atoms with Crippen molar-refractivity contribution in [3.63, 3.8) is 0 Å². The Hall–Kier alpha value is -0.610. The number of hydrogen-bond donors (Lipinski definition) is 1. The lowest BCUT2D eigenvalue weighted by Gasteiger charge is -2.20. The van der Waals surface area contributed by atoms with E-state index in [0.29, 0.717) is 13.2 Å². The molecule has 94 valence electrons. The molecule has 16 heavy (non-hydrogen) atoms. The number of rotatable bonds is 7. The highest BCUT2D eigenvalue weighted by Crippen LogP contribution is 2.12. The van der Waals surface area contributed by atoms with E-state index < -0.39 is 0 Å². The highest BCUT2D eigenvalue weighted by molar-refractivity contribution is 5.84. The van der Waals surface area contributed by atoms with Gasteiger partial charge in [0.05, 0.1) is 18.8 Å². The first-order valence-corrected chi connectivity index (χ1v) is 6.35. The Morgan fingerprint density at radius 3 is 2.69 bits per heavy atom. The van der Waals surface area contributed by atoms with E-state index in [4.69, 9.17) is 4.74 Å². The van der Waals surface area contributed by atoms with E-state index in [9.17, 15) is 4.79 Å². The van der Waals surface area contributed by atoms with Crippen LogP contribution in [-0.4, -0.2) is 42.8 Å². The minimum Gasteiger partial charge on any atom is -0.380 e. The van der Waals surface area contributed by atoms with Crippen molar-refractivity contribution in [1.82, 2.24) is 10.2 Å². The van der Waals surface area contributed by atoms with E-state index in [-0.39, 0.29) is 18.1 Å². The molecule has 0 bridgehead atoms.